The van der Waals surface area contributed by atoms with Gasteiger partial charge in [0.1, 0.15) is 0 Å². The van der Waals surface area contributed by atoms with E-state index in [1.54, 1.807) is 42.1 Å². The zero-order valence-electron chi connectivity index (χ0n) is 9.58. The van der Waals surface area contributed by atoms with Crippen molar-refractivity contribution >= 4 is 23.8 Å². The Morgan fingerprint density at radius 3 is 3.06 bits per heavy atom. The van der Waals surface area contributed by atoms with E-state index in [2.05, 4.69) is 10.1 Å². The molecule has 0 bridgehead atoms. The monoisotopic (exact) mass is 263 g/mol. The van der Waals surface area contributed by atoms with Crippen molar-refractivity contribution in [1.82, 2.24) is 9.55 Å². The molecule has 0 radical (unpaired) electrons. The maximum atomic E-state index is 11.5. The van der Waals surface area contributed by atoms with Crippen LogP contribution in [0.4, 0.5) is 0 Å². The van der Waals surface area contributed by atoms with Crippen LogP contribution in [0.3, 0.4) is 0 Å². The van der Waals surface area contributed by atoms with Gasteiger partial charge in [0.25, 0.3) is 0 Å². The lowest BCUT2D eigenvalue weighted by Gasteiger charge is -1.97. The normalized spacial score (nSPS) is 10.8. The number of aromatic nitrogens is 2. The predicted octanol–water partition coefficient (Wildman–Crippen LogP) is 2.26. The SMILES string of the molecule is Cn1ccnc1C(=O)ON=Cc1cccc(Cl)c1. The first-order valence-electron chi connectivity index (χ1n) is 5.14. The van der Waals surface area contributed by atoms with Gasteiger partial charge in [-0.15, -0.1) is 0 Å². The van der Waals surface area contributed by atoms with Crippen molar-refractivity contribution in [2.24, 2.45) is 12.2 Å². The number of aryl methyl sites for hydroxylation is 1. The second kappa shape index (κ2) is 5.46. The Balaban J connectivity index is 2.00. The average molecular weight is 264 g/mol. The standard InChI is InChI=1S/C12H10ClN3O2/c1-16-6-5-14-11(16)12(17)18-15-8-9-3-2-4-10(13)7-9/h2-8H,1H3. The average Bonchev–Trinajstić information content (AvgIpc) is 2.75. The molecule has 1 aromatic heterocycles. The van der Waals surface area contributed by atoms with Crippen molar-refractivity contribution in [3.8, 4) is 0 Å². The molecule has 0 N–H and O–H groups in total. The first-order chi connectivity index (χ1) is 8.66. The van der Waals surface area contributed by atoms with Gasteiger partial charge >= 0.3 is 5.97 Å². The zero-order valence-corrected chi connectivity index (χ0v) is 10.3. The Morgan fingerprint density at radius 1 is 1.56 bits per heavy atom. The third-order valence-corrected chi connectivity index (χ3v) is 2.42. The van der Waals surface area contributed by atoms with E-state index < -0.39 is 5.97 Å². The first kappa shape index (κ1) is 12.3. The van der Waals surface area contributed by atoms with Gasteiger partial charge in [-0.3, -0.25) is 0 Å². The molecule has 0 spiro atoms. The second-order valence-corrected chi connectivity index (χ2v) is 3.97. The van der Waals surface area contributed by atoms with E-state index in [1.807, 2.05) is 0 Å². The third kappa shape index (κ3) is 2.95. The minimum absolute atomic E-state index is 0.193. The Morgan fingerprint density at radius 2 is 2.39 bits per heavy atom. The minimum Gasteiger partial charge on any atom is -0.328 e. The van der Waals surface area contributed by atoms with Crippen LogP contribution in [0.15, 0.2) is 41.8 Å². The molecule has 2 aromatic rings. The second-order valence-electron chi connectivity index (χ2n) is 3.53. The molecule has 1 aromatic carbocycles. The molecule has 0 aliphatic rings. The highest BCUT2D eigenvalue weighted by atomic mass is 35.5. The van der Waals surface area contributed by atoms with Crippen LogP contribution in [0.1, 0.15) is 16.2 Å². The highest BCUT2D eigenvalue weighted by Crippen LogP contribution is 2.09. The van der Waals surface area contributed by atoms with Gasteiger partial charge in [-0.1, -0.05) is 28.9 Å². The van der Waals surface area contributed by atoms with Crippen LogP contribution in [0.25, 0.3) is 0 Å². The molecule has 0 aliphatic heterocycles. The summed E-state index contributed by atoms with van der Waals surface area (Å²) in [6.45, 7) is 0. The Labute approximate surface area is 109 Å². The molecule has 0 unspecified atom stereocenters. The van der Waals surface area contributed by atoms with E-state index >= 15 is 0 Å². The van der Waals surface area contributed by atoms with Crippen LogP contribution in [0, 0.1) is 0 Å². The molecule has 18 heavy (non-hydrogen) atoms. The van der Waals surface area contributed by atoms with Gasteiger partial charge in [-0.25, -0.2) is 9.78 Å². The van der Waals surface area contributed by atoms with Gasteiger partial charge in [0.2, 0.25) is 5.82 Å². The van der Waals surface area contributed by atoms with Crippen molar-refractivity contribution in [1.29, 1.82) is 0 Å². The van der Waals surface area contributed by atoms with Crippen molar-refractivity contribution in [2.45, 2.75) is 0 Å². The summed E-state index contributed by atoms with van der Waals surface area (Å²) in [7, 11) is 1.70. The molecule has 0 atom stereocenters. The largest absolute Gasteiger partial charge is 0.400 e. The molecule has 0 saturated heterocycles. The van der Waals surface area contributed by atoms with E-state index in [-0.39, 0.29) is 5.82 Å². The first-order valence-corrected chi connectivity index (χ1v) is 5.52. The van der Waals surface area contributed by atoms with Gasteiger partial charge in [-0.05, 0) is 17.7 Å². The number of hydrogen-bond donors (Lipinski definition) is 0. The summed E-state index contributed by atoms with van der Waals surface area (Å²) in [6, 6.07) is 7.03. The topological polar surface area (TPSA) is 56.5 Å². The highest BCUT2D eigenvalue weighted by Gasteiger charge is 2.11. The van der Waals surface area contributed by atoms with E-state index in [4.69, 9.17) is 16.4 Å². The minimum atomic E-state index is -0.610. The summed E-state index contributed by atoms with van der Waals surface area (Å²) < 4.78 is 1.55. The molecule has 92 valence electrons. The molecule has 6 heteroatoms. The summed E-state index contributed by atoms with van der Waals surface area (Å²) in [5.41, 5.74) is 0.746. The number of carbonyl (C=O) groups is 1. The maximum absolute atomic E-state index is 11.5. The van der Waals surface area contributed by atoms with Crippen LogP contribution in [-0.4, -0.2) is 21.7 Å². The molecular weight excluding hydrogens is 254 g/mol. The van der Waals surface area contributed by atoms with Gasteiger partial charge in [0.15, 0.2) is 0 Å². The Bertz CT molecular complexity index is 593. The number of benzene rings is 1. The number of carbonyl (C=O) groups excluding carboxylic acids is 1. The number of imidazole rings is 1. The lowest BCUT2D eigenvalue weighted by molar-refractivity contribution is 0.0501. The molecular formula is C12H10ClN3O2. The molecule has 0 saturated carbocycles. The van der Waals surface area contributed by atoms with E-state index in [0.29, 0.717) is 5.02 Å². The smallest absolute Gasteiger partial charge is 0.328 e. The van der Waals surface area contributed by atoms with Crippen molar-refractivity contribution in [2.75, 3.05) is 0 Å². The van der Waals surface area contributed by atoms with Gasteiger partial charge < -0.3 is 9.40 Å². The highest BCUT2D eigenvalue weighted by molar-refractivity contribution is 6.30. The predicted molar refractivity (Wildman–Crippen MR) is 67.7 cm³/mol. The number of rotatable bonds is 3. The van der Waals surface area contributed by atoms with E-state index in [1.165, 1.54) is 12.4 Å². The molecule has 5 nitrogen and oxygen atoms in total. The summed E-state index contributed by atoms with van der Waals surface area (Å²) >= 11 is 5.81. The van der Waals surface area contributed by atoms with Crippen molar-refractivity contribution in [3.05, 3.63) is 53.1 Å². The van der Waals surface area contributed by atoms with Gasteiger partial charge in [0.05, 0.1) is 6.21 Å². The summed E-state index contributed by atoms with van der Waals surface area (Å²) in [4.78, 5) is 20.1. The zero-order chi connectivity index (χ0) is 13.0. The lowest BCUT2D eigenvalue weighted by atomic mass is 10.2. The molecule has 0 fully saturated rings. The Kier molecular flexibility index (Phi) is 3.74. The van der Waals surface area contributed by atoms with E-state index in [9.17, 15) is 4.79 Å². The van der Waals surface area contributed by atoms with Crippen molar-refractivity contribution in [3.63, 3.8) is 0 Å². The third-order valence-electron chi connectivity index (χ3n) is 2.19. The van der Waals surface area contributed by atoms with Crippen LogP contribution in [0.5, 0.6) is 0 Å². The number of hydrogen-bond acceptors (Lipinski definition) is 4. The molecule has 0 amide bonds. The van der Waals surface area contributed by atoms with E-state index in [0.717, 1.165) is 5.56 Å². The number of oxime groups is 1. The summed E-state index contributed by atoms with van der Waals surface area (Å²) in [6.07, 6.45) is 4.57. The van der Waals surface area contributed by atoms with Crippen LogP contribution in [-0.2, 0) is 11.9 Å². The fraction of sp³-hybridized carbons (Fsp3) is 0.0833. The van der Waals surface area contributed by atoms with Crippen molar-refractivity contribution < 1.29 is 9.63 Å². The Hall–Kier alpha value is -2.14. The van der Waals surface area contributed by atoms with Gasteiger partial charge in [0, 0.05) is 24.5 Å². The maximum Gasteiger partial charge on any atom is 0.400 e. The lowest BCUT2D eigenvalue weighted by Crippen LogP contribution is -2.08. The van der Waals surface area contributed by atoms with Crippen LogP contribution < -0.4 is 0 Å². The van der Waals surface area contributed by atoms with Crippen LogP contribution >= 0.6 is 11.6 Å². The summed E-state index contributed by atoms with van der Waals surface area (Å²) in [5, 5.41) is 4.19. The number of nitrogens with zero attached hydrogens (tertiary/aromatic N) is 3. The quantitative estimate of drug-likeness (QED) is 0.485. The van der Waals surface area contributed by atoms with Crippen LogP contribution in [0.2, 0.25) is 5.02 Å². The summed E-state index contributed by atoms with van der Waals surface area (Å²) in [5.74, 6) is -0.418. The molecule has 2 rings (SSSR count). The van der Waals surface area contributed by atoms with Gasteiger partial charge in [-0.2, -0.15) is 0 Å². The number of halogens is 1. The fourth-order valence-electron chi connectivity index (χ4n) is 1.33. The fourth-order valence-corrected chi connectivity index (χ4v) is 1.52. The molecule has 0 aliphatic carbocycles. The molecule has 1 heterocycles.